The monoisotopic (exact) mass is 415 g/mol. The van der Waals surface area contributed by atoms with Crippen LogP contribution in [0, 0.1) is 0 Å². The van der Waals surface area contributed by atoms with Crippen molar-refractivity contribution in [3.63, 3.8) is 0 Å². The number of para-hydroxylation sites is 1. The fraction of sp³-hybridized carbons (Fsp3) is 0.409. The predicted octanol–water partition coefficient (Wildman–Crippen LogP) is 3.18. The Morgan fingerprint density at radius 3 is 2.38 bits per heavy atom. The molecule has 0 radical (unpaired) electrons. The molecule has 0 aromatic heterocycles. The zero-order chi connectivity index (χ0) is 20.6. The van der Waals surface area contributed by atoms with Gasteiger partial charge in [0, 0.05) is 37.6 Å². The van der Waals surface area contributed by atoms with Gasteiger partial charge in [-0.2, -0.15) is 0 Å². The van der Waals surface area contributed by atoms with Crippen LogP contribution in [0.15, 0.2) is 47.4 Å². The molecule has 3 rings (SSSR count). The Labute approximate surface area is 177 Å². The molecule has 1 amide bonds. The lowest BCUT2D eigenvalue weighted by atomic mass is 10.1. The van der Waals surface area contributed by atoms with E-state index in [1.54, 1.807) is 26.0 Å². The first-order valence-electron chi connectivity index (χ1n) is 9.71. The van der Waals surface area contributed by atoms with Crippen molar-refractivity contribution in [1.29, 1.82) is 0 Å². The zero-order valence-corrected chi connectivity index (χ0v) is 18.1. The van der Waals surface area contributed by atoms with Crippen molar-refractivity contribution < 1.29 is 14.3 Å². The molecule has 1 heterocycles. The molecular weight excluding hydrogens is 386 g/mol. The van der Waals surface area contributed by atoms with Crippen LogP contribution in [0.4, 0.5) is 5.69 Å². The van der Waals surface area contributed by atoms with Gasteiger partial charge in [-0.25, -0.2) is 0 Å². The minimum absolute atomic E-state index is 0.0415. The van der Waals surface area contributed by atoms with Gasteiger partial charge in [0.15, 0.2) is 11.5 Å². The maximum Gasteiger partial charge on any atom is 0.238 e. The minimum Gasteiger partial charge on any atom is -0.493 e. The number of rotatable bonds is 8. The van der Waals surface area contributed by atoms with E-state index in [0.717, 1.165) is 54.8 Å². The number of nitrogens with zero attached hydrogens (tertiary/aromatic N) is 2. The second-order valence-corrected chi connectivity index (χ2v) is 7.84. The predicted molar refractivity (Wildman–Crippen MR) is 118 cm³/mol. The molecule has 156 valence electrons. The summed E-state index contributed by atoms with van der Waals surface area (Å²) in [6, 6.07) is 14.0. The lowest BCUT2D eigenvalue weighted by Gasteiger charge is -2.34. The van der Waals surface area contributed by atoms with Crippen molar-refractivity contribution in [2.75, 3.05) is 58.5 Å². The van der Waals surface area contributed by atoms with Crippen LogP contribution >= 0.6 is 11.8 Å². The maximum atomic E-state index is 12.5. The summed E-state index contributed by atoms with van der Waals surface area (Å²) >= 11 is 1.64. The summed E-state index contributed by atoms with van der Waals surface area (Å²) in [7, 11) is 3.30. The van der Waals surface area contributed by atoms with Gasteiger partial charge in [0.25, 0.3) is 0 Å². The van der Waals surface area contributed by atoms with Crippen LogP contribution in [0.1, 0.15) is 5.56 Å². The molecule has 0 saturated carbocycles. The highest BCUT2D eigenvalue weighted by atomic mass is 32.2. The highest BCUT2D eigenvalue weighted by molar-refractivity contribution is 7.98. The Morgan fingerprint density at radius 2 is 1.69 bits per heavy atom. The van der Waals surface area contributed by atoms with E-state index in [9.17, 15) is 4.79 Å². The second kappa shape index (κ2) is 10.5. The van der Waals surface area contributed by atoms with Crippen LogP contribution in [0.25, 0.3) is 0 Å². The number of hydrogen-bond acceptors (Lipinski definition) is 6. The van der Waals surface area contributed by atoms with E-state index in [4.69, 9.17) is 9.47 Å². The van der Waals surface area contributed by atoms with E-state index in [0.29, 0.717) is 6.54 Å². The second-order valence-electron chi connectivity index (χ2n) is 6.99. The molecule has 0 atom stereocenters. The fourth-order valence-corrected chi connectivity index (χ4v) is 4.04. The number of nitrogens with one attached hydrogen (secondary N) is 1. The van der Waals surface area contributed by atoms with Crippen molar-refractivity contribution in [2.24, 2.45) is 0 Å². The Hall–Kier alpha value is -2.22. The topological polar surface area (TPSA) is 54.0 Å². The molecular formula is C22H29N3O3S. The average Bonchev–Trinajstić information content (AvgIpc) is 2.75. The molecule has 2 aromatic carbocycles. The number of piperazine rings is 1. The molecule has 0 spiro atoms. The van der Waals surface area contributed by atoms with Gasteiger partial charge in [0.05, 0.1) is 26.5 Å². The van der Waals surface area contributed by atoms with Crippen LogP contribution < -0.4 is 14.8 Å². The lowest BCUT2D eigenvalue weighted by Crippen LogP contribution is -2.48. The van der Waals surface area contributed by atoms with Gasteiger partial charge in [-0.05, 0) is 36.1 Å². The number of ether oxygens (including phenoxy) is 2. The molecule has 2 aromatic rings. The average molecular weight is 416 g/mol. The summed E-state index contributed by atoms with van der Waals surface area (Å²) in [5.41, 5.74) is 2.08. The number of methoxy groups -OCH3 is 2. The summed E-state index contributed by atoms with van der Waals surface area (Å²) < 4.78 is 10.7. The summed E-state index contributed by atoms with van der Waals surface area (Å²) in [6.07, 6.45) is 2.02. The van der Waals surface area contributed by atoms with Crippen LogP contribution in [0.5, 0.6) is 11.5 Å². The fourth-order valence-electron chi connectivity index (χ4n) is 3.48. The third-order valence-electron chi connectivity index (χ3n) is 5.07. The van der Waals surface area contributed by atoms with Crippen LogP contribution in [0.3, 0.4) is 0 Å². The molecule has 7 heteroatoms. The van der Waals surface area contributed by atoms with Gasteiger partial charge < -0.3 is 14.8 Å². The molecule has 1 saturated heterocycles. The summed E-state index contributed by atoms with van der Waals surface area (Å²) in [6.45, 7) is 4.91. The van der Waals surface area contributed by atoms with E-state index >= 15 is 0 Å². The number of hydrogen-bond donors (Lipinski definition) is 1. The number of benzene rings is 2. The Balaban J connectivity index is 1.47. The molecule has 0 aliphatic carbocycles. The molecule has 1 fully saturated rings. The summed E-state index contributed by atoms with van der Waals surface area (Å²) in [4.78, 5) is 18.1. The molecule has 1 N–H and O–H groups in total. The summed E-state index contributed by atoms with van der Waals surface area (Å²) in [5.74, 6) is 1.54. The van der Waals surface area contributed by atoms with Crippen molar-refractivity contribution in [1.82, 2.24) is 9.80 Å². The van der Waals surface area contributed by atoms with Gasteiger partial charge >= 0.3 is 0 Å². The van der Waals surface area contributed by atoms with Gasteiger partial charge in [-0.3, -0.25) is 14.6 Å². The Bertz CT molecular complexity index is 823. The Morgan fingerprint density at radius 1 is 1.00 bits per heavy atom. The first-order chi connectivity index (χ1) is 14.1. The first kappa shape index (κ1) is 21.5. The molecule has 29 heavy (non-hydrogen) atoms. The van der Waals surface area contributed by atoms with E-state index in [-0.39, 0.29) is 5.91 Å². The molecule has 0 bridgehead atoms. The number of thioether (sulfide) groups is 1. The SMILES string of the molecule is COc1ccc(CN2CCN(CC(=O)Nc3ccccc3SC)CC2)cc1OC. The van der Waals surface area contributed by atoms with Gasteiger partial charge in [-0.15, -0.1) is 11.8 Å². The lowest BCUT2D eigenvalue weighted by molar-refractivity contribution is -0.117. The largest absolute Gasteiger partial charge is 0.493 e. The number of anilines is 1. The summed E-state index contributed by atoms with van der Waals surface area (Å²) in [5, 5.41) is 3.04. The smallest absolute Gasteiger partial charge is 0.238 e. The number of carbonyl (C=O) groups excluding carboxylic acids is 1. The van der Waals surface area contributed by atoms with Crippen LogP contribution in [0.2, 0.25) is 0 Å². The Kier molecular flexibility index (Phi) is 7.80. The standard InChI is InChI=1S/C22H29N3O3S/c1-27-19-9-8-17(14-20(19)28-2)15-24-10-12-25(13-11-24)16-22(26)23-18-6-4-5-7-21(18)29-3/h4-9,14H,10-13,15-16H2,1-3H3,(H,23,26). The molecule has 6 nitrogen and oxygen atoms in total. The van der Waals surface area contributed by atoms with Gasteiger partial charge in [-0.1, -0.05) is 18.2 Å². The first-order valence-corrected chi connectivity index (χ1v) is 10.9. The van der Waals surface area contributed by atoms with Gasteiger partial charge in [0.1, 0.15) is 0 Å². The molecule has 0 unspecified atom stereocenters. The number of carbonyl (C=O) groups is 1. The highest BCUT2D eigenvalue weighted by Gasteiger charge is 2.20. The van der Waals surface area contributed by atoms with Crippen LogP contribution in [-0.4, -0.2) is 68.9 Å². The van der Waals surface area contributed by atoms with Crippen molar-refractivity contribution in [3.05, 3.63) is 48.0 Å². The van der Waals surface area contributed by atoms with Crippen molar-refractivity contribution in [2.45, 2.75) is 11.4 Å². The third-order valence-corrected chi connectivity index (χ3v) is 5.86. The third kappa shape index (κ3) is 5.88. The zero-order valence-electron chi connectivity index (χ0n) is 17.3. The van der Waals surface area contributed by atoms with E-state index in [1.165, 1.54) is 5.56 Å². The molecule has 1 aliphatic heterocycles. The van der Waals surface area contributed by atoms with E-state index in [2.05, 4.69) is 21.2 Å². The van der Waals surface area contributed by atoms with Crippen molar-refractivity contribution >= 4 is 23.4 Å². The number of amides is 1. The minimum atomic E-state index is 0.0415. The maximum absolute atomic E-state index is 12.5. The quantitative estimate of drug-likeness (QED) is 0.669. The van der Waals surface area contributed by atoms with Crippen LogP contribution in [-0.2, 0) is 11.3 Å². The highest BCUT2D eigenvalue weighted by Crippen LogP contribution is 2.28. The van der Waals surface area contributed by atoms with E-state index < -0.39 is 0 Å². The van der Waals surface area contributed by atoms with Gasteiger partial charge in [0.2, 0.25) is 5.91 Å². The van der Waals surface area contributed by atoms with Crippen molar-refractivity contribution in [3.8, 4) is 11.5 Å². The molecule has 1 aliphatic rings. The normalized spacial score (nSPS) is 15.1. The van der Waals surface area contributed by atoms with E-state index in [1.807, 2.05) is 42.7 Å².